The molecule has 6 atom stereocenters. The van der Waals surface area contributed by atoms with Gasteiger partial charge in [-0.15, -0.1) is 0 Å². The number of carbonyl (C=O) groups is 2. The molecule has 25 heavy (non-hydrogen) atoms. The highest BCUT2D eigenvalue weighted by atomic mass is 16.3. The molecule has 0 aliphatic heterocycles. The SMILES string of the molecule is C=C1C[C@H]2[C@@H]3CC=C4CC(=O)CC[C@]4(C)[C@H]3CC[C@]2(C)[C@@]1(O)C(C)=O. The van der Waals surface area contributed by atoms with Gasteiger partial charge in [0, 0.05) is 18.3 Å². The summed E-state index contributed by atoms with van der Waals surface area (Å²) in [5.41, 5.74) is 0.426. The van der Waals surface area contributed by atoms with Crippen molar-refractivity contribution in [3.8, 4) is 0 Å². The molecule has 0 radical (unpaired) electrons. The Labute approximate surface area is 150 Å². The van der Waals surface area contributed by atoms with E-state index in [1.807, 2.05) is 0 Å². The quantitative estimate of drug-likeness (QED) is 0.733. The average molecular weight is 342 g/mol. The zero-order chi connectivity index (χ0) is 18.2. The highest BCUT2D eigenvalue weighted by Gasteiger charge is 2.66. The Kier molecular flexibility index (Phi) is 3.55. The molecule has 0 heterocycles. The van der Waals surface area contributed by atoms with Crippen LogP contribution in [0, 0.1) is 28.6 Å². The van der Waals surface area contributed by atoms with Crippen LogP contribution in [0.5, 0.6) is 0 Å². The van der Waals surface area contributed by atoms with Gasteiger partial charge >= 0.3 is 0 Å². The molecular weight excluding hydrogens is 312 g/mol. The number of carbonyl (C=O) groups excluding carboxylic acids is 2. The highest BCUT2D eigenvalue weighted by Crippen LogP contribution is 2.68. The van der Waals surface area contributed by atoms with Gasteiger partial charge in [-0.1, -0.05) is 32.1 Å². The minimum atomic E-state index is -1.37. The first-order valence-corrected chi connectivity index (χ1v) is 9.77. The number of aliphatic hydroxyl groups is 1. The van der Waals surface area contributed by atoms with E-state index in [0.29, 0.717) is 42.0 Å². The molecule has 0 saturated heterocycles. The lowest BCUT2D eigenvalue weighted by atomic mass is 9.47. The van der Waals surface area contributed by atoms with Crippen LogP contribution in [0.3, 0.4) is 0 Å². The maximum atomic E-state index is 12.4. The molecule has 3 fully saturated rings. The lowest BCUT2D eigenvalue weighted by Crippen LogP contribution is -2.57. The Morgan fingerprint density at radius 3 is 2.68 bits per heavy atom. The molecule has 1 N–H and O–H groups in total. The van der Waals surface area contributed by atoms with E-state index in [0.717, 1.165) is 32.1 Å². The summed E-state index contributed by atoms with van der Waals surface area (Å²) in [5, 5.41) is 11.3. The average Bonchev–Trinajstić information content (AvgIpc) is 2.77. The van der Waals surface area contributed by atoms with E-state index >= 15 is 0 Å². The lowest BCUT2D eigenvalue weighted by Gasteiger charge is -2.58. The minimum absolute atomic E-state index is 0.121. The molecule has 136 valence electrons. The molecule has 0 unspecified atom stereocenters. The van der Waals surface area contributed by atoms with E-state index in [9.17, 15) is 14.7 Å². The summed E-state index contributed by atoms with van der Waals surface area (Å²) in [7, 11) is 0. The third kappa shape index (κ3) is 1.96. The van der Waals surface area contributed by atoms with Crippen LogP contribution in [-0.2, 0) is 9.59 Å². The van der Waals surface area contributed by atoms with Crippen molar-refractivity contribution in [1.29, 1.82) is 0 Å². The largest absolute Gasteiger partial charge is 0.377 e. The molecular formula is C22H30O3. The van der Waals surface area contributed by atoms with Crippen LogP contribution in [0.4, 0.5) is 0 Å². The first-order chi connectivity index (χ1) is 11.6. The van der Waals surface area contributed by atoms with Gasteiger partial charge in [-0.2, -0.15) is 0 Å². The van der Waals surface area contributed by atoms with Crippen LogP contribution in [0.1, 0.15) is 65.7 Å². The molecule has 0 spiro atoms. The molecule has 0 aromatic carbocycles. The minimum Gasteiger partial charge on any atom is -0.377 e. The first kappa shape index (κ1) is 17.2. The fourth-order valence-electron chi connectivity index (χ4n) is 7.09. The van der Waals surface area contributed by atoms with Crippen molar-refractivity contribution in [2.24, 2.45) is 28.6 Å². The maximum absolute atomic E-state index is 12.4. The third-order valence-corrected chi connectivity index (χ3v) is 8.64. The molecule has 4 aliphatic rings. The Hall–Kier alpha value is -1.22. The number of allylic oxidation sites excluding steroid dienone is 2. The summed E-state index contributed by atoms with van der Waals surface area (Å²) in [4.78, 5) is 24.3. The summed E-state index contributed by atoms with van der Waals surface area (Å²) in [6.07, 6.45) is 8.23. The fraction of sp³-hybridized carbons (Fsp3) is 0.727. The summed E-state index contributed by atoms with van der Waals surface area (Å²) >= 11 is 0. The Bertz CT molecular complexity index is 704. The van der Waals surface area contributed by atoms with Crippen LogP contribution in [0.15, 0.2) is 23.8 Å². The normalized spacial score (nSPS) is 49.1. The molecule has 0 amide bonds. The van der Waals surface area contributed by atoms with Gasteiger partial charge in [0.05, 0.1) is 0 Å². The predicted molar refractivity (Wildman–Crippen MR) is 96.9 cm³/mol. The first-order valence-electron chi connectivity index (χ1n) is 9.77. The number of hydrogen-bond acceptors (Lipinski definition) is 3. The van der Waals surface area contributed by atoms with Crippen molar-refractivity contribution in [3.05, 3.63) is 23.8 Å². The number of rotatable bonds is 1. The molecule has 0 bridgehead atoms. The van der Waals surface area contributed by atoms with Crippen molar-refractivity contribution < 1.29 is 14.7 Å². The van der Waals surface area contributed by atoms with E-state index < -0.39 is 11.0 Å². The van der Waals surface area contributed by atoms with E-state index in [4.69, 9.17) is 0 Å². The van der Waals surface area contributed by atoms with Crippen LogP contribution in [0.25, 0.3) is 0 Å². The number of hydrogen-bond donors (Lipinski definition) is 1. The van der Waals surface area contributed by atoms with E-state index in [1.54, 1.807) is 0 Å². The summed E-state index contributed by atoms with van der Waals surface area (Å²) in [5.74, 6) is 1.57. The van der Waals surface area contributed by atoms with Gasteiger partial charge < -0.3 is 5.11 Å². The molecule has 3 heteroatoms. The summed E-state index contributed by atoms with van der Waals surface area (Å²) in [6.45, 7) is 10.1. The number of fused-ring (bicyclic) bond motifs is 5. The summed E-state index contributed by atoms with van der Waals surface area (Å²) in [6, 6.07) is 0. The summed E-state index contributed by atoms with van der Waals surface area (Å²) < 4.78 is 0. The van der Waals surface area contributed by atoms with Gasteiger partial charge in [0.15, 0.2) is 5.78 Å². The maximum Gasteiger partial charge on any atom is 0.166 e. The van der Waals surface area contributed by atoms with Gasteiger partial charge in [0.1, 0.15) is 11.4 Å². The highest BCUT2D eigenvalue weighted by molar-refractivity contribution is 5.90. The van der Waals surface area contributed by atoms with Crippen molar-refractivity contribution in [2.45, 2.75) is 71.3 Å². The number of Topliss-reactive ketones (excluding diaryl/α,β-unsaturated/α-hetero) is 2. The predicted octanol–water partition coefficient (Wildman–Crippen LogP) is 4.00. The Morgan fingerprint density at radius 1 is 1.28 bits per heavy atom. The van der Waals surface area contributed by atoms with E-state index in [-0.39, 0.29) is 11.2 Å². The van der Waals surface area contributed by atoms with E-state index in [2.05, 4.69) is 26.5 Å². The van der Waals surface area contributed by atoms with Gasteiger partial charge in [-0.05, 0) is 67.8 Å². The molecule has 0 aromatic rings. The van der Waals surface area contributed by atoms with Crippen molar-refractivity contribution >= 4 is 11.6 Å². The Balaban J connectivity index is 1.74. The second kappa shape index (κ2) is 5.16. The van der Waals surface area contributed by atoms with Crippen LogP contribution in [0.2, 0.25) is 0 Å². The molecule has 0 aromatic heterocycles. The smallest absolute Gasteiger partial charge is 0.166 e. The van der Waals surface area contributed by atoms with Crippen molar-refractivity contribution in [3.63, 3.8) is 0 Å². The fourth-order valence-corrected chi connectivity index (χ4v) is 7.09. The zero-order valence-electron chi connectivity index (χ0n) is 15.7. The molecule has 3 nitrogen and oxygen atoms in total. The van der Waals surface area contributed by atoms with E-state index in [1.165, 1.54) is 12.5 Å². The standard InChI is InChI=1S/C22H30O3/c1-13-11-19-17-6-5-15-12-16(24)7-9-20(15,3)18(17)8-10-21(19,4)22(13,25)14(2)23/h5,17-19,25H,1,6-12H2,2-4H3/t17-,18+,19+,20+,21+,22+/m1/s1. The number of ketones is 2. The second-order valence-corrected chi connectivity index (χ2v) is 9.51. The van der Waals surface area contributed by atoms with Gasteiger partial charge in [-0.3, -0.25) is 9.59 Å². The van der Waals surface area contributed by atoms with Crippen molar-refractivity contribution in [2.75, 3.05) is 0 Å². The van der Waals surface area contributed by atoms with Gasteiger partial charge in [0.25, 0.3) is 0 Å². The zero-order valence-corrected chi connectivity index (χ0v) is 15.7. The third-order valence-electron chi connectivity index (χ3n) is 8.64. The van der Waals surface area contributed by atoms with Crippen LogP contribution >= 0.6 is 0 Å². The van der Waals surface area contributed by atoms with Crippen LogP contribution in [-0.4, -0.2) is 22.3 Å². The van der Waals surface area contributed by atoms with Gasteiger partial charge in [-0.25, -0.2) is 0 Å². The Morgan fingerprint density at radius 2 is 2.00 bits per heavy atom. The second-order valence-electron chi connectivity index (χ2n) is 9.51. The molecule has 4 aliphatic carbocycles. The monoisotopic (exact) mass is 342 g/mol. The van der Waals surface area contributed by atoms with Gasteiger partial charge in [0.2, 0.25) is 0 Å². The lowest BCUT2D eigenvalue weighted by molar-refractivity contribution is -0.153. The van der Waals surface area contributed by atoms with Crippen molar-refractivity contribution in [1.82, 2.24) is 0 Å². The molecule has 4 rings (SSSR count). The van der Waals surface area contributed by atoms with Crippen LogP contribution < -0.4 is 0 Å². The molecule has 3 saturated carbocycles. The topological polar surface area (TPSA) is 54.4 Å².